The maximum absolute atomic E-state index is 13.2. The maximum atomic E-state index is 13.2. The molecule has 0 bridgehead atoms. The van der Waals surface area contributed by atoms with E-state index in [2.05, 4.69) is 10.3 Å². The molecule has 3 rings (SSSR count). The molecule has 146 valence electrons. The number of fused-ring (bicyclic) bond motifs is 1. The first-order chi connectivity index (χ1) is 13.3. The van der Waals surface area contributed by atoms with Crippen molar-refractivity contribution in [2.75, 3.05) is 19.4 Å². The Morgan fingerprint density at radius 3 is 2.61 bits per heavy atom. The van der Waals surface area contributed by atoms with Crippen molar-refractivity contribution in [1.29, 1.82) is 0 Å². The van der Waals surface area contributed by atoms with Gasteiger partial charge in [0.05, 0.1) is 5.56 Å². The van der Waals surface area contributed by atoms with Gasteiger partial charge in [0, 0.05) is 45.9 Å². The van der Waals surface area contributed by atoms with Crippen LogP contribution in [0.4, 0.5) is 5.69 Å². The molecule has 28 heavy (non-hydrogen) atoms. The average molecular weight is 401 g/mol. The lowest BCUT2D eigenvalue weighted by Gasteiger charge is -2.37. The molecule has 0 aliphatic carbocycles. The molecule has 0 fully saturated rings. The molecule has 8 heteroatoms. The molecule has 2 heterocycles. The summed E-state index contributed by atoms with van der Waals surface area (Å²) in [5.74, 6) is -0.690. The summed E-state index contributed by atoms with van der Waals surface area (Å²) in [7, 11) is 3.33. The van der Waals surface area contributed by atoms with Crippen LogP contribution in [0.5, 0.6) is 0 Å². The smallest absolute Gasteiger partial charge is 0.257 e. The molecule has 1 aromatic heterocycles. The number of hydrogen-bond acceptors (Lipinski definition) is 4. The molecule has 0 radical (unpaired) electrons. The molecule has 0 saturated carbocycles. The summed E-state index contributed by atoms with van der Waals surface area (Å²) in [5, 5.41) is 2.84. The molecule has 7 nitrogen and oxygen atoms in total. The molecular weight excluding hydrogens is 380 g/mol. The van der Waals surface area contributed by atoms with Crippen molar-refractivity contribution in [3.8, 4) is 0 Å². The number of carbonyl (C=O) groups excluding carboxylic acids is 3. The van der Waals surface area contributed by atoms with E-state index in [0.717, 1.165) is 11.1 Å². The minimum atomic E-state index is -0.641. The van der Waals surface area contributed by atoms with E-state index in [1.165, 1.54) is 22.9 Å². The highest BCUT2D eigenvalue weighted by Gasteiger charge is 2.36. The third-order valence-corrected chi connectivity index (χ3v) is 4.93. The third-order valence-electron chi connectivity index (χ3n) is 4.63. The quantitative estimate of drug-likeness (QED) is 0.802. The minimum absolute atomic E-state index is 0.0985. The van der Waals surface area contributed by atoms with Crippen LogP contribution in [0, 0.1) is 0 Å². The van der Waals surface area contributed by atoms with Crippen molar-refractivity contribution in [2.24, 2.45) is 0 Å². The summed E-state index contributed by atoms with van der Waals surface area (Å²) in [6, 6.07) is 8.10. The lowest BCUT2D eigenvalue weighted by atomic mass is 9.92. The molecule has 0 saturated heterocycles. The Morgan fingerprint density at radius 1 is 1.21 bits per heavy atom. The number of amides is 3. The van der Waals surface area contributed by atoms with E-state index in [4.69, 9.17) is 11.6 Å². The summed E-state index contributed by atoms with van der Waals surface area (Å²) in [6.45, 7) is 1.67. The zero-order chi connectivity index (χ0) is 20.4. The van der Waals surface area contributed by atoms with Crippen LogP contribution < -0.4 is 5.32 Å². The Morgan fingerprint density at radius 2 is 1.96 bits per heavy atom. The number of halogens is 1. The second-order valence-electron chi connectivity index (χ2n) is 6.89. The van der Waals surface area contributed by atoms with Crippen LogP contribution >= 0.6 is 11.6 Å². The van der Waals surface area contributed by atoms with Crippen LogP contribution in [0.25, 0.3) is 0 Å². The standard InChI is InChI=1S/C20H21ClN4O3/c1-12(26)23-15-7-6-13-10-17(20(28)24(2)3)25(11-14(13)9-15)19(27)16-5-4-8-22-18(16)21/h4-9,17H,10-11H2,1-3H3,(H,23,26). The van der Waals surface area contributed by atoms with Gasteiger partial charge in [-0.25, -0.2) is 4.98 Å². The highest BCUT2D eigenvalue weighted by molar-refractivity contribution is 6.32. The van der Waals surface area contributed by atoms with E-state index in [0.29, 0.717) is 12.1 Å². The van der Waals surface area contributed by atoms with Gasteiger partial charge in [0.2, 0.25) is 11.8 Å². The fraction of sp³-hybridized carbons (Fsp3) is 0.300. The number of anilines is 1. The number of nitrogens with zero attached hydrogens (tertiary/aromatic N) is 3. The largest absolute Gasteiger partial charge is 0.347 e. The molecule has 1 unspecified atom stereocenters. The van der Waals surface area contributed by atoms with Crippen LogP contribution in [0.3, 0.4) is 0 Å². The fourth-order valence-electron chi connectivity index (χ4n) is 3.30. The van der Waals surface area contributed by atoms with E-state index in [1.54, 1.807) is 32.3 Å². The van der Waals surface area contributed by atoms with Crippen molar-refractivity contribution in [2.45, 2.75) is 25.9 Å². The van der Waals surface area contributed by atoms with Crippen molar-refractivity contribution < 1.29 is 14.4 Å². The van der Waals surface area contributed by atoms with E-state index in [9.17, 15) is 14.4 Å². The van der Waals surface area contributed by atoms with Crippen LogP contribution in [0.15, 0.2) is 36.5 Å². The summed E-state index contributed by atoms with van der Waals surface area (Å²) in [5.41, 5.74) is 2.75. The number of nitrogens with one attached hydrogen (secondary N) is 1. The number of benzene rings is 1. The molecule has 1 aliphatic heterocycles. The van der Waals surface area contributed by atoms with Gasteiger partial charge in [-0.3, -0.25) is 14.4 Å². The number of rotatable bonds is 3. The number of likely N-dealkylation sites (N-methyl/N-ethyl adjacent to an activating group) is 1. The van der Waals surface area contributed by atoms with Gasteiger partial charge in [-0.05, 0) is 35.4 Å². The lowest BCUT2D eigenvalue weighted by molar-refractivity contribution is -0.134. The Balaban J connectivity index is 2.00. The second-order valence-corrected chi connectivity index (χ2v) is 7.25. The highest BCUT2D eigenvalue weighted by Crippen LogP contribution is 2.29. The molecule has 1 aliphatic rings. The van der Waals surface area contributed by atoms with Crippen molar-refractivity contribution in [1.82, 2.24) is 14.8 Å². The molecule has 1 aromatic carbocycles. The Bertz CT molecular complexity index is 945. The normalized spacial score (nSPS) is 15.6. The topological polar surface area (TPSA) is 82.6 Å². The van der Waals surface area contributed by atoms with Crippen LogP contribution in [-0.2, 0) is 22.6 Å². The first kappa shape index (κ1) is 19.8. The minimum Gasteiger partial charge on any atom is -0.347 e. The second kappa shape index (κ2) is 7.98. The molecule has 0 spiro atoms. The van der Waals surface area contributed by atoms with Crippen molar-refractivity contribution in [3.63, 3.8) is 0 Å². The first-order valence-electron chi connectivity index (χ1n) is 8.80. The highest BCUT2D eigenvalue weighted by atomic mass is 35.5. The number of carbonyl (C=O) groups is 3. The maximum Gasteiger partial charge on any atom is 0.257 e. The van der Waals surface area contributed by atoms with Crippen LogP contribution in [0.1, 0.15) is 28.4 Å². The van der Waals surface area contributed by atoms with Crippen molar-refractivity contribution >= 4 is 35.0 Å². The summed E-state index contributed by atoms with van der Waals surface area (Å²) < 4.78 is 0. The van der Waals surface area contributed by atoms with Gasteiger partial charge in [0.1, 0.15) is 11.2 Å². The Labute approximate surface area is 168 Å². The van der Waals surface area contributed by atoms with Gasteiger partial charge < -0.3 is 15.1 Å². The monoisotopic (exact) mass is 400 g/mol. The zero-order valence-electron chi connectivity index (χ0n) is 15.9. The van der Waals surface area contributed by atoms with Gasteiger partial charge in [-0.15, -0.1) is 0 Å². The number of pyridine rings is 1. The van der Waals surface area contributed by atoms with E-state index in [-0.39, 0.29) is 35.0 Å². The fourth-order valence-corrected chi connectivity index (χ4v) is 3.50. The van der Waals surface area contributed by atoms with Gasteiger partial charge in [0.25, 0.3) is 5.91 Å². The Kier molecular flexibility index (Phi) is 5.65. The molecule has 3 amide bonds. The first-order valence-corrected chi connectivity index (χ1v) is 9.17. The molecular formula is C20H21ClN4O3. The van der Waals surface area contributed by atoms with Crippen LogP contribution in [0.2, 0.25) is 5.15 Å². The number of aromatic nitrogens is 1. The van der Waals surface area contributed by atoms with E-state index >= 15 is 0 Å². The van der Waals surface area contributed by atoms with Gasteiger partial charge in [-0.1, -0.05) is 17.7 Å². The predicted octanol–water partition coefficient (Wildman–Crippen LogP) is 2.35. The zero-order valence-corrected chi connectivity index (χ0v) is 16.7. The van der Waals surface area contributed by atoms with Gasteiger partial charge >= 0.3 is 0 Å². The molecule has 1 N–H and O–H groups in total. The molecule has 1 atom stereocenters. The van der Waals surface area contributed by atoms with Crippen LogP contribution in [-0.4, -0.2) is 52.6 Å². The van der Waals surface area contributed by atoms with Gasteiger partial charge in [0.15, 0.2) is 0 Å². The summed E-state index contributed by atoms with van der Waals surface area (Å²) in [6.07, 6.45) is 1.89. The van der Waals surface area contributed by atoms with Gasteiger partial charge in [-0.2, -0.15) is 0 Å². The SMILES string of the molecule is CC(=O)Nc1ccc2c(c1)CN(C(=O)c1cccnc1Cl)C(C(=O)N(C)C)C2. The average Bonchev–Trinajstić information content (AvgIpc) is 2.65. The van der Waals surface area contributed by atoms with E-state index < -0.39 is 6.04 Å². The van der Waals surface area contributed by atoms with E-state index in [1.807, 2.05) is 12.1 Å². The summed E-state index contributed by atoms with van der Waals surface area (Å²) >= 11 is 6.11. The molecule has 2 aromatic rings. The third kappa shape index (κ3) is 3.99. The Hall–Kier alpha value is -2.93. The number of hydrogen-bond donors (Lipinski definition) is 1. The van der Waals surface area contributed by atoms with Crippen molar-refractivity contribution in [3.05, 3.63) is 58.4 Å². The lowest BCUT2D eigenvalue weighted by Crippen LogP contribution is -2.52. The summed E-state index contributed by atoms with van der Waals surface area (Å²) in [4.78, 5) is 44.3. The predicted molar refractivity (Wildman–Crippen MR) is 106 cm³/mol.